The second-order valence-corrected chi connectivity index (χ2v) is 23.0. The molecule has 2 heterocycles. The molecule has 0 aromatic carbocycles. The van der Waals surface area contributed by atoms with Crippen molar-refractivity contribution in [2.24, 2.45) is 0 Å². The fourth-order valence-electron chi connectivity index (χ4n) is 10.7. The Morgan fingerprint density at radius 2 is 0.697 bits per heavy atom. The number of aliphatic hydroxyl groups excluding tert-OH is 7. The zero-order valence-corrected chi connectivity index (χ0v) is 48.8. The maximum atomic E-state index is 13.1. The maximum Gasteiger partial charge on any atom is 0.306 e. The summed E-state index contributed by atoms with van der Waals surface area (Å²) in [6.07, 6.45) is 38.9. The van der Waals surface area contributed by atoms with Crippen LogP contribution < -0.4 is 0 Å². The Morgan fingerprint density at radius 1 is 0.382 bits per heavy atom. The molecule has 0 aromatic rings. The highest BCUT2D eigenvalue weighted by atomic mass is 16.7. The summed E-state index contributed by atoms with van der Waals surface area (Å²) in [6, 6.07) is 0. The van der Waals surface area contributed by atoms with Crippen LogP contribution >= 0.6 is 0 Å². The van der Waals surface area contributed by atoms with Gasteiger partial charge in [0.15, 0.2) is 12.6 Å². The average Bonchev–Trinajstić information content (AvgIpc) is 3.42. The lowest BCUT2D eigenvalue weighted by Crippen LogP contribution is -2.61. The molecule has 2 rings (SSSR count). The van der Waals surface area contributed by atoms with Crippen molar-refractivity contribution in [3.63, 3.8) is 0 Å². The maximum absolute atomic E-state index is 13.1. The van der Waals surface area contributed by atoms with Crippen molar-refractivity contribution < 1.29 is 69.0 Å². The molecular weight excluding hydrogens is 969 g/mol. The molecule has 2 aliphatic heterocycles. The molecule has 0 aliphatic carbocycles. The number of hydrogen-bond donors (Lipinski definition) is 7. The second kappa shape index (κ2) is 49.8. The fourth-order valence-corrected chi connectivity index (χ4v) is 10.7. The highest BCUT2D eigenvalue weighted by Gasteiger charge is 2.47. The third-order valence-corrected chi connectivity index (χ3v) is 15.9. The van der Waals surface area contributed by atoms with E-state index in [0.717, 1.165) is 44.9 Å². The molecule has 0 radical (unpaired) electrons. The first-order valence-corrected chi connectivity index (χ1v) is 32.1. The Kier molecular flexibility index (Phi) is 46.6. The van der Waals surface area contributed by atoms with E-state index in [1.807, 2.05) is 0 Å². The van der Waals surface area contributed by atoms with Gasteiger partial charge in [-0.15, -0.1) is 0 Å². The minimum Gasteiger partial charge on any atom is -0.457 e. The number of aliphatic hydroxyl groups is 7. The predicted molar refractivity (Wildman–Crippen MR) is 303 cm³/mol. The third kappa shape index (κ3) is 35.7. The molecular formula is C62H120O14. The van der Waals surface area contributed by atoms with Crippen LogP contribution in [0.1, 0.15) is 290 Å². The molecule has 452 valence electrons. The van der Waals surface area contributed by atoms with E-state index in [4.69, 9.17) is 28.4 Å². The summed E-state index contributed by atoms with van der Waals surface area (Å²) >= 11 is 0. The summed E-state index contributed by atoms with van der Waals surface area (Å²) in [5, 5.41) is 72.5. The summed E-state index contributed by atoms with van der Waals surface area (Å²) < 4.78 is 34.5. The van der Waals surface area contributed by atoms with E-state index in [-0.39, 0.29) is 25.6 Å². The summed E-state index contributed by atoms with van der Waals surface area (Å²) in [5.41, 5.74) is 0. The van der Waals surface area contributed by atoms with Gasteiger partial charge in [0.05, 0.1) is 26.4 Å². The number of unbranched alkanes of at least 4 members (excludes halogenated alkanes) is 40. The number of carbonyl (C=O) groups is 1. The van der Waals surface area contributed by atoms with Gasteiger partial charge in [-0.25, -0.2) is 0 Å². The van der Waals surface area contributed by atoms with Crippen molar-refractivity contribution >= 4 is 5.97 Å². The largest absolute Gasteiger partial charge is 0.457 e. The Bertz CT molecular complexity index is 1260. The molecule has 14 heteroatoms. The Balaban J connectivity index is 1.66. The van der Waals surface area contributed by atoms with Gasteiger partial charge in [-0.2, -0.15) is 0 Å². The molecule has 11 atom stereocenters. The van der Waals surface area contributed by atoms with Crippen LogP contribution in [-0.2, 0) is 33.2 Å². The summed E-state index contributed by atoms with van der Waals surface area (Å²) in [6.45, 7) is 3.78. The standard InChI is InChI=1S/C62H120O14/c1-3-5-7-9-11-13-15-17-19-21-23-24-25-26-27-28-29-31-33-35-37-39-41-43-45-54(64)74-51(48-71-46-44-42-40-38-36-34-32-30-22-20-18-16-14-12-10-8-6-4-2)49-72-61-60(70)58(68)56(66)53(76-61)50-73-62-59(69)57(67)55(65)52(47-63)75-62/h51-53,55-63,65-70H,3-50H2,1-2H3. The van der Waals surface area contributed by atoms with Crippen LogP contribution in [0.5, 0.6) is 0 Å². The molecule has 0 bridgehead atoms. The van der Waals surface area contributed by atoms with Crippen LogP contribution in [0.4, 0.5) is 0 Å². The van der Waals surface area contributed by atoms with E-state index in [0.29, 0.717) is 6.61 Å². The number of esters is 1. The molecule has 0 spiro atoms. The van der Waals surface area contributed by atoms with Crippen LogP contribution in [0.2, 0.25) is 0 Å². The molecule has 0 aromatic heterocycles. The van der Waals surface area contributed by atoms with Crippen LogP contribution in [0, 0.1) is 0 Å². The summed E-state index contributed by atoms with van der Waals surface area (Å²) in [4.78, 5) is 13.1. The van der Waals surface area contributed by atoms with Crippen molar-refractivity contribution in [2.45, 2.75) is 357 Å². The summed E-state index contributed by atoms with van der Waals surface area (Å²) in [7, 11) is 0. The van der Waals surface area contributed by atoms with Gasteiger partial charge in [0, 0.05) is 13.0 Å². The third-order valence-electron chi connectivity index (χ3n) is 15.9. The highest BCUT2D eigenvalue weighted by Crippen LogP contribution is 2.27. The van der Waals surface area contributed by atoms with Gasteiger partial charge in [-0.3, -0.25) is 4.79 Å². The molecule has 0 amide bonds. The lowest BCUT2D eigenvalue weighted by Gasteiger charge is -2.42. The van der Waals surface area contributed by atoms with Crippen molar-refractivity contribution in [1.29, 1.82) is 0 Å². The first-order chi connectivity index (χ1) is 37.1. The van der Waals surface area contributed by atoms with Crippen LogP contribution in [0.15, 0.2) is 0 Å². The van der Waals surface area contributed by atoms with Gasteiger partial charge in [-0.1, -0.05) is 271 Å². The SMILES string of the molecule is CCCCCCCCCCCCCCCCCCCCCCCCCCC(=O)OC(COCCCCCCCCCCCCCCCCCCCC)COC1OC(COC2OC(CO)C(O)C(O)C2O)C(O)C(O)C1O. The van der Waals surface area contributed by atoms with E-state index in [1.165, 1.54) is 225 Å². The fraction of sp³-hybridized carbons (Fsp3) is 0.984. The van der Waals surface area contributed by atoms with E-state index < -0.39 is 80.7 Å². The average molecular weight is 1090 g/mol. The van der Waals surface area contributed by atoms with Crippen molar-refractivity contribution in [3.05, 3.63) is 0 Å². The van der Waals surface area contributed by atoms with Gasteiger partial charge in [-0.05, 0) is 12.8 Å². The van der Waals surface area contributed by atoms with Crippen LogP contribution in [0.25, 0.3) is 0 Å². The molecule has 76 heavy (non-hydrogen) atoms. The zero-order valence-electron chi connectivity index (χ0n) is 48.8. The number of rotatable bonds is 54. The van der Waals surface area contributed by atoms with Gasteiger partial charge < -0.3 is 64.2 Å². The molecule has 7 N–H and O–H groups in total. The minimum absolute atomic E-state index is 0.0712. The number of carbonyl (C=O) groups excluding carboxylic acids is 1. The van der Waals surface area contributed by atoms with Crippen LogP contribution in [0.3, 0.4) is 0 Å². The van der Waals surface area contributed by atoms with Crippen LogP contribution in [-0.4, -0.2) is 142 Å². The van der Waals surface area contributed by atoms with E-state index in [2.05, 4.69) is 13.8 Å². The Morgan fingerprint density at radius 3 is 1.07 bits per heavy atom. The van der Waals surface area contributed by atoms with Crippen molar-refractivity contribution in [3.8, 4) is 0 Å². The molecule has 0 saturated carbocycles. The Labute approximate surface area is 463 Å². The second-order valence-electron chi connectivity index (χ2n) is 23.0. The van der Waals surface area contributed by atoms with Crippen molar-refractivity contribution in [1.82, 2.24) is 0 Å². The first kappa shape index (κ1) is 71.1. The van der Waals surface area contributed by atoms with Gasteiger partial charge in [0.2, 0.25) is 0 Å². The molecule has 2 saturated heterocycles. The van der Waals surface area contributed by atoms with Gasteiger partial charge in [0.1, 0.15) is 54.9 Å². The first-order valence-electron chi connectivity index (χ1n) is 32.1. The smallest absolute Gasteiger partial charge is 0.306 e. The van der Waals surface area contributed by atoms with E-state index >= 15 is 0 Å². The van der Waals surface area contributed by atoms with E-state index in [9.17, 15) is 40.5 Å². The monoisotopic (exact) mass is 1090 g/mol. The zero-order chi connectivity index (χ0) is 55.1. The molecule has 11 unspecified atom stereocenters. The van der Waals surface area contributed by atoms with Gasteiger partial charge >= 0.3 is 5.97 Å². The number of ether oxygens (including phenoxy) is 6. The minimum atomic E-state index is -1.70. The summed E-state index contributed by atoms with van der Waals surface area (Å²) in [5.74, 6) is -0.365. The normalized spacial score (nSPS) is 24.3. The highest BCUT2D eigenvalue weighted by molar-refractivity contribution is 5.69. The van der Waals surface area contributed by atoms with Gasteiger partial charge in [0.25, 0.3) is 0 Å². The quantitative estimate of drug-likeness (QED) is 0.0223. The van der Waals surface area contributed by atoms with E-state index in [1.54, 1.807) is 0 Å². The van der Waals surface area contributed by atoms with Crippen molar-refractivity contribution in [2.75, 3.05) is 33.0 Å². The topological polar surface area (TPSA) is 214 Å². The predicted octanol–water partition coefficient (Wildman–Crippen LogP) is 12.4. The molecule has 14 nitrogen and oxygen atoms in total. The number of hydrogen-bond acceptors (Lipinski definition) is 14. The molecule has 2 aliphatic rings. The lowest BCUT2D eigenvalue weighted by molar-refractivity contribution is -0.332. The lowest BCUT2D eigenvalue weighted by atomic mass is 9.98. The molecule has 2 fully saturated rings. The Hall–Kier alpha value is -1.01.